The lowest BCUT2D eigenvalue weighted by molar-refractivity contribution is -0.139. The molecule has 3 rings (SSSR count). The summed E-state index contributed by atoms with van der Waals surface area (Å²) in [6.45, 7) is 6.97. The van der Waals surface area contributed by atoms with Crippen molar-refractivity contribution in [3.63, 3.8) is 0 Å². The minimum absolute atomic E-state index is 0.0330. The van der Waals surface area contributed by atoms with Gasteiger partial charge in [-0.15, -0.1) is 0 Å². The monoisotopic (exact) mass is 382 g/mol. The number of ether oxygens (including phenoxy) is 1. The van der Waals surface area contributed by atoms with E-state index in [1.54, 1.807) is 0 Å². The highest BCUT2D eigenvalue weighted by molar-refractivity contribution is 5.74. The number of nitrogens with one attached hydrogen (secondary N) is 1. The van der Waals surface area contributed by atoms with Crippen molar-refractivity contribution < 1.29 is 19.4 Å². The smallest absolute Gasteiger partial charge is 0.411 e. The molecule has 0 aliphatic carbocycles. The predicted molar refractivity (Wildman–Crippen MR) is 98.3 cm³/mol. The van der Waals surface area contributed by atoms with Crippen LogP contribution in [0.5, 0.6) is 0 Å². The van der Waals surface area contributed by atoms with Crippen LogP contribution in [-0.4, -0.2) is 107 Å². The number of hydrogen-bond donors (Lipinski definition) is 3. The van der Waals surface area contributed by atoms with E-state index in [0.29, 0.717) is 38.6 Å². The Balaban J connectivity index is 1.49. The lowest BCUT2D eigenvalue weighted by atomic mass is 9.96. The zero-order chi connectivity index (χ0) is 19.6. The van der Waals surface area contributed by atoms with Crippen molar-refractivity contribution >= 4 is 18.0 Å². The molecular weight excluding hydrogens is 352 g/mol. The first-order chi connectivity index (χ1) is 12.8. The Kier molecular flexibility index (Phi) is 6.05. The molecule has 3 fully saturated rings. The Labute approximate surface area is 159 Å². The van der Waals surface area contributed by atoms with Crippen molar-refractivity contribution in [1.29, 1.82) is 5.41 Å². The topological polar surface area (TPSA) is 126 Å². The Morgan fingerprint density at radius 2 is 1.85 bits per heavy atom. The third-order valence-corrected chi connectivity index (χ3v) is 5.90. The van der Waals surface area contributed by atoms with Crippen LogP contribution in [0.25, 0.3) is 0 Å². The maximum atomic E-state index is 12.4. The summed E-state index contributed by atoms with van der Waals surface area (Å²) in [5, 5.41) is 16.4. The van der Waals surface area contributed by atoms with Gasteiger partial charge >= 0.3 is 12.1 Å². The third kappa shape index (κ3) is 4.62. The molecule has 0 aromatic carbocycles. The van der Waals surface area contributed by atoms with Gasteiger partial charge in [0.05, 0.1) is 12.6 Å². The first-order valence-corrected chi connectivity index (χ1v) is 9.59. The fraction of sp³-hybridized carbons (Fsp3) is 0.824. The average molecular weight is 382 g/mol. The summed E-state index contributed by atoms with van der Waals surface area (Å²) in [6.07, 6.45) is 1.28. The van der Waals surface area contributed by atoms with Gasteiger partial charge in [0.15, 0.2) is 12.2 Å². The van der Waals surface area contributed by atoms with Crippen LogP contribution in [0.2, 0.25) is 0 Å². The van der Waals surface area contributed by atoms with Crippen LogP contribution < -0.4 is 5.73 Å². The highest BCUT2D eigenvalue weighted by Crippen LogP contribution is 2.27. The number of hydrogen-bond acceptors (Lipinski definition) is 6. The molecule has 3 saturated heterocycles. The van der Waals surface area contributed by atoms with E-state index in [2.05, 4.69) is 4.90 Å². The molecule has 0 aromatic heterocycles. The van der Waals surface area contributed by atoms with Gasteiger partial charge in [0.2, 0.25) is 0 Å². The number of aliphatic carboxylic acids is 1. The first kappa shape index (κ1) is 19.7. The second-order valence-corrected chi connectivity index (χ2v) is 7.69. The second kappa shape index (κ2) is 8.30. The number of piperidine rings is 1. The zero-order valence-electron chi connectivity index (χ0n) is 15.8. The number of rotatable bonds is 5. The molecule has 27 heavy (non-hydrogen) atoms. The van der Waals surface area contributed by atoms with E-state index < -0.39 is 5.97 Å². The van der Waals surface area contributed by atoms with Gasteiger partial charge in [-0.25, -0.2) is 4.79 Å². The van der Waals surface area contributed by atoms with Crippen molar-refractivity contribution in [3.8, 4) is 0 Å². The number of cyclic esters (lactones) is 1. The van der Waals surface area contributed by atoms with Crippen molar-refractivity contribution in [2.75, 3.05) is 52.4 Å². The van der Waals surface area contributed by atoms with E-state index in [-0.39, 0.29) is 30.9 Å². The normalized spacial score (nSPS) is 28.4. The standard InChI is InChI=1S/C17H30N6O4/c1-12-15(21-8-6-20(7-9-21)11-14(24)25)27-17(26)23(12)10-13-2-4-22(5-3-13)16(18)19/h12-13,15H,2-11H2,1H3,(H3,18,19)(H,24,25). The van der Waals surface area contributed by atoms with Crippen molar-refractivity contribution in [2.45, 2.75) is 32.0 Å². The van der Waals surface area contributed by atoms with Gasteiger partial charge in [0, 0.05) is 45.8 Å². The minimum Gasteiger partial charge on any atom is -0.480 e. The number of carbonyl (C=O) groups excluding carboxylic acids is 1. The van der Waals surface area contributed by atoms with Crippen LogP contribution in [0, 0.1) is 11.3 Å². The molecule has 0 spiro atoms. The van der Waals surface area contributed by atoms with E-state index in [0.717, 1.165) is 25.9 Å². The fourth-order valence-corrected chi connectivity index (χ4v) is 4.21. The summed E-state index contributed by atoms with van der Waals surface area (Å²) in [6, 6.07) is -0.0330. The zero-order valence-corrected chi connectivity index (χ0v) is 15.8. The molecule has 3 aliphatic rings. The van der Waals surface area contributed by atoms with Crippen LogP contribution in [0.15, 0.2) is 0 Å². The Bertz CT molecular complexity index is 572. The molecule has 0 saturated carbocycles. The summed E-state index contributed by atoms with van der Waals surface area (Å²) >= 11 is 0. The summed E-state index contributed by atoms with van der Waals surface area (Å²) in [7, 11) is 0. The molecule has 3 aliphatic heterocycles. The molecular formula is C17H30N6O4. The lowest BCUT2D eigenvalue weighted by Crippen LogP contribution is -2.54. The van der Waals surface area contributed by atoms with E-state index >= 15 is 0 Å². The Hall–Kier alpha value is -2.07. The molecule has 4 N–H and O–H groups in total. The fourth-order valence-electron chi connectivity index (χ4n) is 4.21. The predicted octanol–water partition coefficient (Wildman–Crippen LogP) is -0.539. The van der Waals surface area contributed by atoms with Gasteiger partial charge in [0.1, 0.15) is 0 Å². The van der Waals surface area contributed by atoms with Gasteiger partial charge in [-0.3, -0.25) is 20.0 Å². The van der Waals surface area contributed by atoms with Crippen LogP contribution in [0.1, 0.15) is 19.8 Å². The van der Waals surface area contributed by atoms with Crippen molar-refractivity contribution in [1.82, 2.24) is 19.6 Å². The molecule has 10 nitrogen and oxygen atoms in total. The quantitative estimate of drug-likeness (QED) is 0.427. The molecule has 10 heteroatoms. The molecule has 2 unspecified atom stereocenters. The number of carboxylic acid groups (broad SMARTS) is 1. The van der Waals surface area contributed by atoms with Gasteiger partial charge in [-0.05, 0) is 25.7 Å². The highest BCUT2D eigenvalue weighted by Gasteiger charge is 2.43. The molecule has 3 heterocycles. The highest BCUT2D eigenvalue weighted by atomic mass is 16.6. The molecule has 0 radical (unpaired) electrons. The number of carbonyl (C=O) groups is 2. The molecule has 1 amide bonds. The Morgan fingerprint density at radius 1 is 1.22 bits per heavy atom. The van der Waals surface area contributed by atoms with Crippen LogP contribution in [0.4, 0.5) is 4.79 Å². The summed E-state index contributed by atoms with van der Waals surface area (Å²) < 4.78 is 5.66. The molecule has 0 bridgehead atoms. The van der Waals surface area contributed by atoms with E-state index in [9.17, 15) is 9.59 Å². The first-order valence-electron chi connectivity index (χ1n) is 9.59. The number of amides is 1. The Morgan fingerprint density at radius 3 is 2.41 bits per heavy atom. The van der Waals surface area contributed by atoms with Crippen LogP contribution >= 0.6 is 0 Å². The number of nitrogens with two attached hydrogens (primary N) is 1. The second-order valence-electron chi connectivity index (χ2n) is 7.69. The number of piperazine rings is 1. The van der Waals surface area contributed by atoms with Gasteiger partial charge in [-0.2, -0.15) is 0 Å². The van der Waals surface area contributed by atoms with E-state index in [1.807, 2.05) is 21.6 Å². The third-order valence-electron chi connectivity index (χ3n) is 5.90. The van der Waals surface area contributed by atoms with Gasteiger partial charge < -0.3 is 25.4 Å². The van der Waals surface area contributed by atoms with Gasteiger partial charge in [0.25, 0.3) is 0 Å². The van der Waals surface area contributed by atoms with E-state index in [4.69, 9.17) is 21.0 Å². The molecule has 152 valence electrons. The van der Waals surface area contributed by atoms with E-state index in [1.165, 1.54) is 0 Å². The maximum Gasteiger partial charge on any atom is 0.411 e. The summed E-state index contributed by atoms with van der Waals surface area (Å²) in [4.78, 5) is 31.0. The lowest BCUT2D eigenvalue weighted by Gasteiger charge is -2.38. The average Bonchev–Trinajstić information content (AvgIpc) is 2.90. The number of carboxylic acids is 1. The van der Waals surface area contributed by atoms with Gasteiger partial charge in [-0.1, -0.05) is 0 Å². The minimum atomic E-state index is -0.814. The largest absolute Gasteiger partial charge is 0.480 e. The summed E-state index contributed by atoms with van der Waals surface area (Å²) in [5.41, 5.74) is 5.54. The van der Waals surface area contributed by atoms with Crippen molar-refractivity contribution in [3.05, 3.63) is 0 Å². The van der Waals surface area contributed by atoms with Crippen molar-refractivity contribution in [2.24, 2.45) is 11.7 Å². The van der Waals surface area contributed by atoms with Crippen LogP contribution in [-0.2, 0) is 9.53 Å². The molecule has 0 aromatic rings. The number of guanidine groups is 1. The summed E-state index contributed by atoms with van der Waals surface area (Å²) in [5.74, 6) is -0.308. The number of nitrogens with zero attached hydrogens (tertiary/aromatic N) is 4. The maximum absolute atomic E-state index is 12.4. The SMILES string of the molecule is CC1C(N2CCN(CC(=O)O)CC2)OC(=O)N1CC1CCN(C(=N)N)CC1. The van der Waals surface area contributed by atoms with Crippen LogP contribution in [0.3, 0.4) is 0 Å². The molecule has 2 atom stereocenters. The number of likely N-dealkylation sites (tertiary alicyclic amines) is 1.